The zero-order valence-electron chi connectivity index (χ0n) is 10.5. The van der Waals surface area contributed by atoms with Crippen LogP contribution in [0.2, 0.25) is 0 Å². The van der Waals surface area contributed by atoms with Gasteiger partial charge >= 0.3 is 5.97 Å². The molecule has 1 heterocycles. The molecule has 2 aromatic rings. The van der Waals surface area contributed by atoms with Gasteiger partial charge in [0, 0.05) is 6.42 Å². The van der Waals surface area contributed by atoms with E-state index in [2.05, 4.69) is 15.5 Å². The summed E-state index contributed by atoms with van der Waals surface area (Å²) in [6.07, 6.45) is 0.683. The van der Waals surface area contributed by atoms with E-state index in [0.717, 1.165) is 11.1 Å². The molecule has 0 unspecified atom stereocenters. The van der Waals surface area contributed by atoms with Crippen LogP contribution in [0.1, 0.15) is 34.2 Å². The number of aromatic nitrogens is 4. The van der Waals surface area contributed by atoms with Crippen LogP contribution in [-0.4, -0.2) is 31.3 Å². The van der Waals surface area contributed by atoms with Crippen LogP contribution in [0.25, 0.3) is 5.69 Å². The summed E-state index contributed by atoms with van der Waals surface area (Å²) >= 11 is 0. The summed E-state index contributed by atoms with van der Waals surface area (Å²) in [6.45, 7) is 5.62. The fourth-order valence-electron chi connectivity index (χ4n) is 1.81. The number of aryl methyl sites for hydroxylation is 2. The molecule has 0 atom stereocenters. The lowest BCUT2D eigenvalue weighted by Gasteiger charge is -2.09. The van der Waals surface area contributed by atoms with Gasteiger partial charge in [-0.05, 0) is 47.5 Å². The number of benzene rings is 1. The molecule has 6 nitrogen and oxygen atoms in total. The van der Waals surface area contributed by atoms with E-state index in [0.29, 0.717) is 17.9 Å². The Morgan fingerprint density at radius 3 is 2.72 bits per heavy atom. The number of carboxylic acids is 1. The molecule has 94 valence electrons. The Bertz CT molecular complexity index is 604. The third-order valence-electron chi connectivity index (χ3n) is 2.98. The molecule has 1 aromatic heterocycles. The Morgan fingerprint density at radius 1 is 1.39 bits per heavy atom. The van der Waals surface area contributed by atoms with E-state index in [-0.39, 0.29) is 5.56 Å². The summed E-state index contributed by atoms with van der Waals surface area (Å²) in [7, 11) is 0. The van der Waals surface area contributed by atoms with Crippen LogP contribution in [0.3, 0.4) is 0 Å². The Hall–Kier alpha value is -2.24. The van der Waals surface area contributed by atoms with Crippen LogP contribution in [0.15, 0.2) is 12.1 Å². The van der Waals surface area contributed by atoms with Crippen molar-refractivity contribution in [3.8, 4) is 5.69 Å². The summed E-state index contributed by atoms with van der Waals surface area (Å²) in [5.41, 5.74) is 2.62. The van der Waals surface area contributed by atoms with Gasteiger partial charge in [0.2, 0.25) is 0 Å². The standard InChI is InChI=1S/C12H14N4O2/c1-4-11-13-14-15-16(11)9-5-7(2)8(3)10(6-9)12(17)18/h5-6H,4H2,1-3H3,(H,17,18). The second kappa shape index (κ2) is 4.56. The minimum atomic E-state index is -0.941. The van der Waals surface area contributed by atoms with Crippen molar-refractivity contribution < 1.29 is 9.90 Å². The first-order valence-electron chi connectivity index (χ1n) is 5.66. The molecule has 1 N–H and O–H groups in total. The summed E-state index contributed by atoms with van der Waals surface area (Å²) in [5.74, 6) is -0.238. The predicted molar refractivity (Wildman–Crippen MR) is 65.0 cm³/mol. The summed E-state index contributed by atoms with van der Waals surface area (Å²) in [5, 5.41) is 20.6. The second-order valence-electron chi connectivity index (χ2n) is 4.10. The number of rotatable bonds is 3. The molecule has 0 aliphatic carbocycles. The first-order chi connectivity index (χ1) is 8.54. The maximum atomic E-state index is 11.2. The molecule has 0 amide bonds. The molecule has 2 rings (SSSR count). The minimum absolute atomic E-state index is 0.280. The third kappa shape index (κ3) is 1.97. The van der Waals surface area contributed by atoms with E-state index in [9.17, 15) is 9.90 Å². The molecular weight excluding hydrogens is 232 g/mol. The molecule has 0 spiro atoms. The molecule has 6 heteroatoms. The van der Waals surface area contributed by atoms with Crippen LogP contribution in [0, 0.1) is 13.8 Å². The highest BCUT2D eigenvalue weighted by Crippen LogP contribution is 2.19. The Morgan fingerprint density at radius 2 is 2.11 bits per heavy atom. The Labute approximate surface area is 104 Å². The van der Waals surface area contributed by atoms with Gasteiger partial charge in [-0.25, -0.2) is 4.79 Å². The van der Waals surface area contributed by atoms with Gasteiger partial charge in [-0.2, -0.15) is 4.68 Å². The number of hydrogen-bond donors (Lipinski definition) is 1. The summed E-state index contributed by atoms with van der Waals surface area (Å²) in [6, 6.07) is 3.48. The summed E-state index contributed by atoms with van der Waals surface area (Å²) < 4.78 is 1.57. The zero-order valence-corrected chi connectivity index (χ0v) is 10.5. The van der Waals surface area contributed by atoms with Crippen molar-refractivity contribution >= 4 is 5.97 Å². The SMILES string of the molecule is CCc1nnnn1-c1cc(C)c(C)c(C(=O)O)c1. The van der Waals surface area contributed by atoms with Gasteiger partial charge in [0.25, 0.3) is 0 Å². The molecular formula is C12H14N4O2. The number of nitrogens with zero attached hydrogens (tertiary/aromatic N) is 4. The number of hydrogen-bond acceptors (Lipinski definition) is 4. The van der Waals surface area contributed by atoms with Gasteiger partial charge < -0.3 is 5.11 Å². The van der Waals surface area contributed by atoms with Gasteiger partial charge in [0.15, 0.2) is 5.82 Å². The van der Waals surface area contributed by atoms with Crippen LogP contribution in [0.4, 0.5) is 0 Å². The van der Waals surface area contributed by atoms with Gasteiger partial charge in [-0.3, -0.25) is 0 Å². The van der Waals surface area contributed by atoms with Gasteiger partial charge in [0.05, 0.1) is 11.3 Å². The molecule has 0 radical (unpaired) electrons. The Kier molecular flexibility index (Phi) is 3.10. The van der Waals surface area contributed by atoms with E-state index < -0.39 is 5.97 Å². The lowest BCUT2D eigenvalue weighted by atomic mass is 10.0. The third-order valence-corrected chi connectivity index (χ3v) is 2.98. The van der Waals surface area contributed by atoms with E-state index in [1.54, 1.807) is 17.7 Å². The van der Waals surface area contributed by atoms with Crippen molar-refractivity contribution in [3.05, 3.63) is 34.6 Å². The van der Waals surface area contributed by atoms with Gasteiger partial charge in [-0.15, -0.1) is 5.10 Å². The van der Waals surface area contributed by atoms with Crippen molar-refractivity contribution in [1.82, 2.24) is 20.2 Å². The van der Waals surface area contributed by atoms with E-state index in [1.807, 2.05) is 19.9 Å². The molecule has 0 bridgehead atoms. The number of carbonyl (C=O) groups is 1. The van der Waals surface area contributed by atoms with Crippen molar-refractivity contribution in [2.24, 2.45) is 0 Å². The van der Waals surface area contributed by atoms with Crippen molar-refractivity contribution in [3.63, 3.8) is 0 Å². The number of tetrazole rings is 1. The van der Waals surface area contributed by atoms with E-state index >= 15 is 0 Å². The normalized spacial score (nSPS) is 10.6. The van der Waals surface area contributed by atoms with Crippen molar-refractivity contribution in [1.29, 1.82) is 0 Å². The van der Waals surface area contributed by atoms with Crippen molar-refractivity contribution in [2.75, 3.05) is 0 Å². The van der Waals surface area contributed by atoms with Crippen LogP contribution >= 0.6 is 0 Å². The van der Waals surface area contributed by atoms with Crippen LogP contribution < -0.4 is 0 Å². The molecule has 0 fully saturated rings. The second-order valence-corrected chi connectivity index (χ2v) is 4.10. The topological polar surface area (TPSA) is 80.9 Å². The fraction of sp³-hybridized carbons (Fsp3) is 0.333. The zero-order chi connectivity index (χ0) is 13.3. The smallest absolute Gasteiger partial charge is 0.336 e. The number of carboxylic acid groups (broad SMARTS) is 1. The van der Waals surface area contributed by atoms with E-state index in [1.165, 1.54) is 0 Å². The monoisotopic (exact) mass is 246 g/mol. The first kappa shape index (κ1) is 12.2. The lowest BCUT2D eigenvalue weighted by molar-refractivity contribution is 0.0696. The first-order valence-corrected chi connectivity index (χ1v) is 5.66. The fourth-order valence-corrected chi connectivity index (χ4v) is 1.81. The predicted octanol–water partition coefficient (Wildman–Crippen LogP) is 1.54. The lowest BCUT2D eigenvalue weighted by Crippen LogP contribution is -2.07. The van der Waals surface area contributed by atoms with Gasteiger partial charge in [-0.1, -0.05) is 6.92 Å². The maximum absolute atomic E-state index is 11.2. The van der Waals surface area contributed by atoms with E-state index in [4.69, 9.17) is 0 Å². The average molecular weight is 246 g/mol. The molecule has 18 heavy (non-hydrogen) atoms. The van der Waals surface area contributed by atoms with Crippen molar-refractivity contribution in [2.45, 2.75) is 27.2 Å². The highest BCUT2D eigenvalue weighted by Gasteiger charge is 2.14. The minimum Gasteiger partial charge on any atom is -0.478 e. The average Bonchev–Trinajstić information content (AvgIpc) is 2.80. The largest absolute Gasteiger partial charge is 0.478 e. The van der Waals surface area contributed by atoms with Crippen LogP contribution in [0.5, 0.6) is 0 Å². The number of aromatic carboxylic acids is 1. The molecule has 0 saturated carbocycles. The quantitative estimate of drug-likeness (QED) is 0.888. The molecule has 0 aliphatic rings. The molecule has 1 aromatic carbocycles. The highest BCUT2D eigenvalue weighted by molar-refractivity contribution is 5.90. The van der Waals surface area contributed by atoms with Gasteiger partial charge in [0.1, 0.15) is 0 Å². The molecule has 0 saturated heterocycles. The highest BCUT2D eigenvalue weighted by atomic mass is 16.4. The Balaban J connectivity index is 2.63. The molecule has 0 aliphatic heterocycles. The summed E-state index contributed by atoms with van der Waals surface area (Å²) in [4.78, 5) is 11.2. The maximum Gasteiger partial charge on any atom is 0.336 e. The van der Waals surface area contributed by atoms with Crippen LogP contribution in [-0.2, 0) is 6.42 Å².